The van der Waals surface area contributed by atoms with E-state index in [0.29, 0.717) is 12.1 Å². The van der Waals surface area contributed by atoms with Crippen molar-refractivity contribution in [3.63, 3.8) is 0 Å². The van der Waals surface area contributed by atoms with Crippen molar-refractivity contribution in [3.05, 3.63) is 64.7 Å². The first-order valence-electron chi connectivity index (χ1n) is 9.36. The number of primary amides is 1. The van der Waals surface area contributed by atoms with Crippen molar-refractivity contribution < 1.29 is 9.59 Å². The molecule has 0 bridgehead atoms. The Morgan fingerprint density at radius 1 is 1.15 bits per heavy atom. The zero-order valence-corrected chi connectivity index (χ0v) is 15.2. The Hall–Kier alpha value is -2.70. The van der Waals surface area contributed by atoms with Gasteiger partial charge in [0.05, 0.1) is 6.04 Å². The number of benzene rings is 2. The quantitative estimate of drug-likeness (QED) is 0.757. The molecule has 0 saturated carbocycles. The molecule has 2 aromatic rings. The molecule has 1 fully saturated rings. The van der Waals surface area contributed by atoms with Gasteiger partial charge in [0.15, 0.2) is 0 Å². The van der Waals surface area contributed by atoms with Crippen molar-refractivity contribution in [1.29, 1.82) is 0 Å². The third-order valence-electron chi connectivity index (χ3n) is 5.36. The van der Waals surface area contributed by atoms with Crippen LogP contribution < -0.4 is 16.4 Å². The number of anilines is 1. The van der Waals surface area contributed by atoms with Gasteiger partial charge in [-0.1, -0.05) is 18.2 Å². The summed E-state index contributed by atoms with van der Waals surface area (Å²) >= 11 is 0. The highest BCUT2D eigenvalue weighted by Crippen LogP contribution is 2.22. The van der Waals surface area contributed by atoms with Gasteiger partial charge in [0.1, 0.15) is 0 Å². The van der Waals surface area contributed by atoms with Gasteiger partial charge >= 0.3 is 0 Å². The van der Waals surface area contributed by atoms with Crippen LogP contribution in [-0.2, 0) is 24.4 Å². The Morgan fingerprint density at radius 2 is 2.00 bits per heavy atom. The minimum atomic E-state index is -0.261. The van der Waals surface area contributed by atoms with Crippen molar-refractivity contribution in [2.24, 2.45) is 5.73 Å². The van der Waals surface area contributed by atoms with Crippen LogP contribution in [0.4, 0.5) is 5.69 Å². The number of carbonyl (C=O) groups excluding carboxylic acids is 2. The molecule has 4 rings (SSSR count). The lowest BCUT2D eigenvalue weighted by molar-refractivity contribution is -0.122. The SMILES string of the molecule is NC(=O)C1CCCN1Cc1cccc(NC(=O)c2ccc3c(c2)CNC3)c1. The minimum Gasteiger partial charge on any atom is -0.368 e. The summed E-state index contributed by atoms with van der Waals surface area (Å²) in [5, 5.41) is 6.27. The number of amides is 2. The summed E-state index contributed by atoms with van der Waals surface area (Å²) < 4.78 is 0. The zero-order valence-electron chi connectivity index (χ0n) is 15.2. The largest absolute Gasteiger partial charge is 0.368 e. The van der Waals surface area contributed by atoms with E-state index in [1.807, 2.05) is 42.5 Å². The van der Waals surface area contributed by atoms with E-state index >= 15 is 0 Å². The van der Waals surface area contributed by atoms with Crippen LogP contribution >= 0.6 is 0 Å². The van der Waals surface area contributed by atoms with Gasteiger partial charge < -0.3 is 16.4 Å². The first-order valence-corrected chi connectivity index (χ1v) is 9.36. The number of likely N-dealkylation sites (tertiary alicyclic amines) is 1. The highest BCUT2D eigenvalue weighted by molar-refractivity contribution is 6.04. The molecular formula is C21H24N4O2. The highest BCUT2D eigenvalue weighted by Gasteiger charge is 2.28. The van der Waals surface area contributed by atoms with Crippen LogP contribution in [0.3, 0.4) is 0 Å². The van der Waals surface area contributed by atoms with Crippen LogP contribution in [0.5, 0.6) is 0 Å². The lowest BCUT2D eigenvalue weighted by Gasteiger charge is -2.22. The van der Waals surface area contributed by atoms with Gasteiger partial charge in [0.25, 0.3) is 5.91 Å². The first-order chi connectivity index (χ1) is 13.1. The van der Waals surface area contributed by atoms with Gasteiger partial charge in [0.2, 0.25) is 5.91 Å². The fourth-order valence-corrected chi connectivity index (χ4v) is 3.96. The summed E-state index contributed by atoms with van der Waals surface area (Å²) in [6.45, 7) is 3.19. The highest BCUT2D eigenvalue weighted by atomic mass is 16.2. The van der Waals surface area contributed by atoms with E-state index in [9.17, 15) is 9.59 Å². The molecule has 0 radical (unpaired) electrons. The molecule has 6 heteroatoms. The second kappa shape index (κ2) is 7.50. The fourth-order valence-electron chi connectivity index (χ4n) is 3.96. The third kappa shape index (κ3) is 3.86. The van der Waals surface area contributed by atoms with E-state index in [0.717, 1.165) is 43.7 Å². The summed E-state index contributed by atoms with van der Waals surface area (Å²) in [7, 11) is 0. The van der Waals surface area contributed by atoms with Crippen molar-refractivity contribution in [2.75, 3.05) is 11.9 Å². The minimum absolute atomic E-state index is 0.113. The molecular weight excluding hydrogens is 340 g/mol. The normalized spacial score (nSPS) is 19.0. The zero-order chi connectivity index (χ0) is 18.8. The summed E-state index contributed by atoms with van der Waals surface area (Å²) in [6.07, 6.45) is 1.80. The predicted molar refractivity (Wildman–Crippen MR) is 104 cm³/mol. The van der Waals surface area contributed by atoms with Crippen LogP contribution in [-0.4, -0.2) is 29.3 Å². The molecule has 2 heterocycles. The number of fused-ring (bicyclic) bond motifs is 1. The van der Waals surface area contributed by atoms with E-state index in [-0.39, 0.29) is 17.9 Å². The standard InChI is InChI=1S/C21H24N4O2/c22-20(26)19-5-2-8-25(19)13-14-3-1-4-18(9-14)24-21(27)15-6-7-16-11-23-12-17(16)10-15/h1,3-4,6-7,9-10,19,23H,2,5,8,11-13H2,(H2,22,26)(H,24,27). The molecule has 0 spiro atoms. The van der Waals surface area contributed by atoms with Crippen molar-refractivity contribution in [1.82, 2.24) is 10.2 Å². The van der Waals surface area contributed by atoms with Gasteiger partial charge in [-0.2, -0.15) is 0 Å². The first kappa shape index (κ1) is 17.7. The summed E-state index contributed by atoms with van der Waals surface area (Å²) in [4.78, 5) is 26.3. The molecule has 6 nitrogen and oxygen atoms in total. The van der Waals surface area contributed by atoms with E-state index < -0.39 is 0 Å². The average molecular weight is 364 g/mol. The Kier molecular flexibility index (Phi) is 4.92. The molecule has 2 aromatic carbocycles. The van der Waals surface area contributed by atoms with Crippen LogP contribution in [0.2, 0.25) is 0 Å². The molecule has 2 aliphatic rings. The van der Waals surface area contributed by atoms with Crippen molar-refractivity contribution in [3.8, 4) is 0 Å². The molecule has 4 N–H and O–H groups in total. The molecule has 1 atom stereocenters. The Bertz CT molecular complexity index is 880. The topological polar surface area (TPSA) is 87.5 Å². The number of carbonyl (C=O) groups is 2. The maximum atomic E-state index is 12.6. The van der Waals surface area contributed by atoms with Gasteiger partial charge in [0, 0.05) is 30.9 Å². The molecule has 1 saturated heterocycles. The molecule has 140 valence electrons. The Labute approximate surface area is 158 Å². The fraction of sp³-hybridized carbons (Fsp3) is 0.333. The number of hydrogen-bond acceptors (Lipinski definition) is 4. The lowest BCUT2D eigenvalue weighted by atomic mass is 10.1. The number of nitrogens with two attached hydrogens (primary N) is 1. The molecule has 27 heavy (non-hydrogen) atoms. The van der Waals surface area contributed by atoms with Crippen molar-refractivity contribution >= 4 is 17.5 Å². The third-order valence-corrected chi connectivity index (χ3v) is 5.36. The predicted octanol–water partition coefficient (Wildman–Crippen LogP) is 1.99. The van der Waals surface area contributed by atoms with Gasteiger partial charge in [-0.25, -0.2) is 0 Å². The van der Waals surface area contributed by atoms with Crippen molar-refractivity contribution in [2.45, 2.75) is 38.5 Å². The summed E-state index contributed by atoms with van der Waals surface area (Å²) in [6, 6.07) is 13.4. The number of hydrogen-bond donors (Lipinski definition) is 3. The maximum Gasteiger partial charge on any atom is 0.255 e. The summed E-state index contributed by atoms with van der Waals surface area (Å²) in [5.74, 6) is -0.374. The van der Waals surface area contributed by atoms with Crippen LogP contribution in [0.15, 0.2) is 42.5 Å². The maximum absolute atomic E-state index is 12.6. The smallest absolute Gasteiger partial charge is 0.255 e. The Morgan fingerprint density at radius 3 is 2.85 bits per heavy atom. The molecule has 0 aliphatic carbocycles. The molecule has 1 unspecified atom stereocenters. The summed E-state index contributed by atoms with van der Waals surface area (Å²) in [5.41, 5.74) is 10.4. The van der Waals surface area contributed by atoms with Gasteiger partial charge in [-0.3, -0.25) is 14.5 Å². The van der Waals surface area contributed by atoms with E-state index in [2.05, 4.69) is 15.5 Å². The molecule has 2 amide bonds. The van der Waals surface area contributed by atoms with E-state index in [1.165, 1.54) is 11.1 Å². The van der Waals surface area contributed by atoms with Gasteiger partial charge in [-0.15, -0.1) is 0 Å². The monoisotopic (exact) mass is 364 g/mol. The second-order valence-corrected chi connectivity index (χ2v) is 7.27. The average Bonchev–Trinajstić information content (AvgIpc) is 3.30. The number of rotatable bonds is 5. The second-order valence-electron chi connectivity index (χ2n) is 7.27. The molecule has 2 aliphatic heterocycles. The van der Waals surface area contributed by atoms with E-state index in [4.69, 9.17) is 5.73 Å². The van der Waals surface area contributed by atoms with Crippen LogP contribution in [0, 0.1) is 0 Å². The Balaban J connectivity index is 1.45. The molecule has 0 aromatic heterocycles. The van der Waals surface area contributed by atoms with Gasteiger partial charge in [-0.05, 0) is 60.3 Å². The lowest BCUT2D eigenvalue weighted by Crippen LogP contribution is -2.39. The van der Waals surface area contributed by atoms with Crippen LogP contribution in [0.25, 0.3) is 0 Å². The number of nitrogens with zero attached hydrogens (tertiary/aromatic N) is 1. The van der Waals surface area contributed by atoms with E-state index in [1.54, 1.807) is 0 Å². The van der Waals surface area contributed by atoms with Crippen LogP contribution in [0.1, 0.15) is 39.9 Å². The number of nitrogens with one attached hydrogen (secondary N) is 2.